The van der Waals surface area contributed by atoms with E-state index in [9.17, 15) is 13.2 Å². The fraction of sp³-hybridized carbons (Fsp3) is 0.115. The van der Waals surface area contributed by atoms with Gasteiger partial charge in [0, 0.05) is 29.8 Å². The minimum Gasteiger partial charge on any atom is -0.485 e. The summed E-state index contributed by atoms with van der Waals surface area (Å²) in [7, 11) is -3.83. The number of anilines is 2. The number of rotatable bonds is 8. The van der Waals surface area contributed by atoms with Crippen LogP contribution in [-0.2, 0) is 16.6 Å². The molecule has 0 saturated carbocycles. The lowest BCUT2D eigenvalue weighted by molar-refractivity contribution is 0.102. The Labute approximate surface area is 204 Å². The number of hydrogen-bond acceptors (Lipinski definition) is 6. The lowest BCUT2D eigenvalue weighted by Crippen LogP contribution is -2.16. The van der Waals surface area contributed by atoms with Crippen molar-refractivity contribution in [2.45, 2.75) is 25.3 Å². The Balaban J connectivity index is 1.50. The van der Waals surface area contributed by atoms with Crippen LogP contribution in [0, 0.1) is 13.8 Å². The standard InChI is InChI=1S/C26H24N4O4S/c1-18-8-9-19(2)24(15-18)35(32,33)30-22-6-3-5-21(16-22)26(31)29-25-23(7-4-12-28-25)34-17-20-10-13-27-14-11-20/h3-16,30H,17H2,1-2H3,(H,28,29,31). The van der Waals surface area contributed by atoms with Crippen LogP contribution in [0.2, 0.25) is 0 Å². The molecule has 4 aromatic rings. The van der Waals surface area contributed by atoms with Gasteiger partial charge >= 0.3 is 0 Å². The number of nitrogens with zero attached hydrogens (tertiary/aromatic N) is 2. The van der Waals surface area contributed by atoms with Crippen molar-refractivity contribution in [1.82, 2.24) is 9.97 Å². The SMILES string of the molecule is Cc1ccc(C)c(S(=O)(=O)Nc2cccc(C(=O)Nc3ncccc3OCc3ccncc3)c2)c1. The van der Waals surface area contributed by atoms with Gasteiger partial charge in [0.05, 0.1) is 4.90 Å². The Morgan fingerprint density at radius 1 is 0.943 bits per heavy atom. The first-order valence-electron chi connectivity index (χ1n) is 10.8. The third kappa shape index (κ3) is 6.01. The second-order valence-corrected chi connectivity index (χ2v) is 9.55. The smallest absolute Gasteiger partial charge is 0.262 e. The van der Waals surface area contributed by atoms with Gasteiger partial charge in [-0.2, -0.15) is 0 Å². The summed E-state index contributed by atoms with van der Waals surface area (Å²) in [4.78, 5) is 21.3. The number of benzene rings is 2. The maximum atomic E-state index is 12.9. The van der Waals surface area contributed by atoms with E-state index in [-0.39, 0.29) is 28.6 Å². The van der Waals surface area contributed by atoms with Crippen molar-refractivity contribution in [2.75, 3.05) is 10.0 Å². The van der Waals surface area contributed by atoms with Crippen molar-refractivity contribution in [3.63, 3.8) is 0 Å². The maximum Gasteiger partial charge on any atom is 0.262 e. The summed E-state index contributed by atoms with van der Waals surface area (Å²) in [5, 5.41) is 2.74. The second-order valence-electron chi connectivity index (χ2n) is 7.90. The molecule has 0 aliphatic carbocycles. The lowest BCUT2D eigenvalue weighted by Gasteiger charge is -2.13. The second kappa shape index (κ2) is 10.4. The van der Waals surface area contributed by atoms with Gasteiger partial charge in [-0.25, -0.2) is 13.4 Å². The largest absolute Gasteiger partial charge is 0.485 e. The molecule has 0 saturated heterocycles. The van der Waals surface area contributed by atoms with E-state index >= 15 is 0 Å². The summed E-state index contributed by atoms with van der Waals surface area (Å²) >= 11 is 0. The van der Waals surface area contributed by atoms with Crippen LogP contribution in [-0.4, -0.2) is 24.3 Å². The number of nitrogens with one attached hydrogen (secondary N) is 2. The quantitative estimate of drug-likeness (QED) is 0.371. The van der Waals surface area contributed by atoms with Crippen molar-refractivity contribution < 1.29 is 17.9 Å². The van der Waals surface area contributed by atoms with Crippen LogP contribution in [0.15, 0.2) is 90.2 Å². The van der Waals surface area contributed by atoms with Crippen LogP contribution in [0.4, 0.5) is 11.5 Å². The molecule has 9 heteroatoms. The molecule has 1 amide bonds. The summed E-state index contributed by atoms with van der Waals surface area (Å²) in [6.07, 6.45) is 4.89. The molecule has 0 bridgehead atoms. The molecule has 4 rings (SSSR count). The van der Waals surface area contributed by atoms with Gasteiger partial charge in [0.25, 0.3) is 15.9 Å². The molecule has 0 radical (unpaired) electrons. The van der Waals surface area contributed by atoms with Crippen molar-refractivity contribution in [2.24, 2.45) is 0 Å². The number of hydrogen-bond donors (Lipinski definition) is 2. The van der Waals surface area contributed by atoms with Crippen LogP contribution in [0.3, 0.4) is 0 Å². The number of carbonyl (C=O) groups is 1. The summed E-state index contributed by atoms with van der Waals surface area (Å²) in [6, 6.07) is 18.6. The molecule has 35 heavy (non-hydrogen) atoms. The van der Waals surface area contributed by atoms with Gasteiger partial charge in [-0.05, 0) is 79.1 Å². The van der Waals surface area contributed by atoms with Gasteiger partial charge in [-0.15, -0.1) is 0 Å². The van der Waals surface area contributed by atoms with E-state index in [4.69, 9.17) is 4.74 Å². The van der Waals surface area contributed by atoms with E-state index in [2.05, 4.69) is 20.0 Å². The molecule has 0 unspecified atom stereocenters. The van der Waals surface area contributed by atoms with E-state index < -0.39 is 15.9 Å². The molecule has 0 spiro atoms. The zero-order valence-electron chi connectivity index (χ0n) is 19.2. The van der Waals surface area contributed by atoms with Crippen LogP contribution in [0.5, 0.6) is 5.75 Å². The fourth-order valence-corrected chi connectivity index (χ4v) is 4.73. The minimum atomic E-state index is -3.83. The third-order valence-electron chi connectivity index (χ3n) is 5.16. The molecule has 2 aromatic carbocycles. The van der Waals surface area contributed by atoms with Gasteiger partial charge in [0.15, 0.2) is 11.6 Å². The van der Waals surface area contributed by atoms with Crippen molar-refractivity contribution in [3.05, 3.63) is 108 Å². The van der Waals surface area contributed by atoms with Gasteiger partial charge < -0.3 is 10.1 Å². The number of carbonyl (C=O) groups excluding carboxylic acids is 1. The van der Waals surface area contributed by atoms with E-state index in [1.54, 1.807) is 68.0 Å². The van der Waals surface area contributed by atoms with Gasteiger partial charge in [-0.1, -0.05) is 18.2 Å². The molecular weight excluding hydrogens is 464 g/mol. The summed E-state index contributed by atoms with van der Waals surface area (Å²) in [6.45, 7) is 3.85. The highest BCUT2D eigenvalue weighted by atomic mass is 32.2. The molecule has 0 aliphatic heterocycles. The van der Waals surface area contributed by atoms with Crippen molar-refractivity contribution in [1.29, 1.82) is 0 Å². The highest BCUT2D eigenvalue weighted by Gasteiger charge is 2.18. The van der Waals surface area contributed by atoms with Gasteiger partial charge in [0.1, 0.15) is 6.61 Å². The minimum absolute atomic E-state index is 0.192. The number of sulfonamides is 1. The Bertz CT molecular complexity index is 1460. The van der Waals surface area contributed by atoms with Crippen molar-refractivity contribution in [3.8, 4) is 5.75 Å². The highest BCUT2D eigenvalue weighted by Crippen LogP contribution is 2.24. The first kappa shape index (κ1) is 23.9. The van der Waals surface area contributed by atoms with Gasteiger partial charge in [0.2, 0.25) is 0 Å². The molecule has 178 valence electrons. The molecule has 0 fully saturated rings. The number of aryl methyl sites for hydroxylation is 2. The lowest BCUT2D eigenvalue weighted by atomic mass is 10.2. The Kier molecular flexibility index (Phi) is 7.07. The van der Waals surface area contributed by atoms with Crippen LogP contribution in [0.1, 0.15) is 27.0 Å². The first-order valence-corrected chi connectivity index (χ1v) is 12.3. The predicted molar refractivity (Wildman–Crippen MR) is 134 cm³/mol. The van der Waals surface area contributed by atoms with E-state index in [1.807, 2.05) is 25.1 Å². The highest BCUT2D eigenvalue weighted by molar-refractivity contribution is 7.92. The summed E-state index contributed by atoms with van der Waals surface area (Å²) < 4.78 is 34.3. The average Bonchev–Trinajstić information content (AvgIpc) is 2.85. The fourth-order valence-electron chi connectivity index (χ4n) is 3.35. The zero-order valence-corrected chi connectivity index (χ0v) is 20.0. The van der Waals surface area contributed by atoms with Crippen LogP contribution in [0.25, 0.3) is 0 Å². The topological polar surface area (TPSA) is 110 Å². The predicted octanol–water partition coefficient (Wildman–Crippen LogP) is 4.73. The Hall–Kier alpha value is -4.24. The first-order chi connectivity index (χ1) is 16.8. The Morgan fingerprint density at radius 3 is 2.54 bits per heavy atom. The molecule has 8 nitrogen and oxygen atoms in total. The van der Waals surface area contributed by atoms with Crippen LogP contribution < -0.4 is 14.8 Å². The molecule has 2 heterocycles. The number of aromatic nitrogens is 2. The van der Waals surface area contributed by atoms with E-state index in [0.29, 0.717) is 11.3 Å². The molecule has 2 aromatic heterocycles. The third-order valence-corrected chi connectivity index (χ3v) is 6.68. The Morgan fingerprint density at radius 2 is 1.74 bits per heavy atom. The van der Waals surface area contributed by atoms with Crippen molar-refractivity contribution >= 4 is 27.4 Å². The monoisotopic (exact) mass is 488 g/mol. The maximum absolute atomic E-state index is 12.9. The summed E-state index contributed by atoms with van der Waals surface area (Å²) in [5.74, 6) is 0.211. The van der Waals surface area contributed by atoms with E-state index in [0.717, 1.165) is 11.1 Å². The number of ether oxygens (including phenoxy) is 1. The van der Waals surface area contributed by atoms with E-state index in [1.165, 1.54) is 6.07 Å². The normalized spacial score (nSPS) is 11.0. The molecule has 0 atom stereocenters. The number of amides is 1. The molecular formula is C26H24N4O4S. The molecule has 2 N–H and O–H groups in total. The van der Waals surface area contributed by atoms with Crippen LogP contribution >= 0.6 is 0 Å². The number of pyridine rings is 2. The zero-order chi connectivity index (χ0) is 24.8. The average molecular weight is 489 g/mol. The summed E-state index contributed by atoms with van der Waals surface area (Å²) in [5.41, 5.74) is 2.92. The molecule has 0 aliphatic rings. The van der Waals surface area contributed by atoms with Gasteiger partial charge in [-0.3, -0.25) is 14.5 Å².